The highest BCUT2D eigenvalue weighted by atomic mass is 16.6. The van der Waals surface area contributed by atoms with Gasteiger partial charge >= 0.3 is 5.97 Å². The second kappa shape index (κ2) is 9.32. The van der Waals surface area contributed by atoms with Gasteiger partial charge in [-0.05, 0) is 18.7 Å². The highest BCUT2D eigenvalue weighted by molar-refractivity contribution is 6.04. The molecule has 1 aliphatic rings. The lowest BCUT2D eigenvalue weighted by molar-refractivity contribution is -0.384. The van der Waals surface area contributed by atoms with Crippen LogP contribution in [0.3, 0.4) is 0 Å². The third-order valence-electron chi connectivity index (χ3n) is 4.26. The average Bonchev–Trinajstić information content (AvgIpc) is 2.72. The van der Waals surface area contributed by atoms with Crippen molar-refractivity contribution in [3.8, 4) is 6.07 Å². The fourth-order valence-electron chi connectivity index (χ4n) is 2.65. The summed E-state index contributed by atoms with van der Waals surface area (Å²) < 4.78 is 5.16. The smallest absolute Gasteiger partial charge is 0.337 e. The summed E-state index contributed by atoms with van der Waals surface area (Å²) in [5.41, 5.74) is 0.697. The van der Waals surface area contributed by atoms with E-state index in [1.165, 1.54) is 29.2 Å². The van der Waals surface area contributed by atoms with Crippen LogP contribution in [0.15, 0.2) is 47.8 Å². The van der Waals surface area contributed by atoms with Crippen LogP contribution in [-0.2, 0) is 14.3 Å². The summed E-state index contributed by atoms with van der Waals surface area (Å²) in [7, 11) is 1.61. The number of nitrogens with one attached hydrogen (secondary N) is 1. The highest BCUT2D eigenvalue weighted by Gasteiger charge is 2.32. The predicted octanol–water partition coefficient (Wildman–Crippen LogP) is 1.98. The lowest BCUT2D eigenvalue weighted by Crippen LogP contribution is -2.36. The topological polar surface area (TPSA) is 126 Å². The van der Waals surface area contributed by atoms with Crippen molar-refractivity contribution in [1.29, 1.82) is 5.26 Å². The minimum Gasteiger partial charge on any atom is -0.461 e. The summed E-state index contributed by atoms with van der Waals surface area (Å²) >= 11 is 0. The van der Waals surface area contributed by atoms with Crippen molar-refractivity contribution in [2.24, 2.45) is 0 Å². The fourth-order valence-corrected chi connectivity index (χ4v) is 2.65. The Morgan fingerprint density at radius 2 is 2.04 bits per heavy atom. The molecule has 0 bridgehead atoms. The van der Waals surface area contributed by atoms with E-state index in [2.05, 4.69) is 5.32 Å². The highest BCUT2D eigenvalue weighted by Crippen LogP contribution is 2.32. The molecule has 9 heteroatoms. The average molecular weight is 384 g/mol. The third kappa shape index (κ3) is 4.54. The molecule has 1 N–H and O–H groups in total. The van der Waals surface area contributed by atoms with E-state index in [4.69, 9.17) is 10.00 Å². The summed E-state index contributed by atoms with van der Waals surface area (Å²) in [5, 5.41) is 22.3. The van der Waals surface area contributed by atoms with Gasteiger partial charge in [-0.15, -0.1) is 0 Å². The molecular weight excluding hydrogens is 364 g/mol. The van der Waals surface area contributed by atoms with Crippen molar-refractivity contribution in [3.05, 3.63) is 63.5 Å². The molecule has 1 unspecified atom stereocenters. The van der Waals surface area contributed by atoms with E-state index in [0.29, 0.717) is 12.1 Å². The number of esters is 1. The largest absolute Gasteiger partial charge is 0.461 e. The number of dihydropyridines is 1. The number of carbonyl (C=O) groups is 2. The third-order valence-corrected chi connectivity index (χ3v) is 4.26. The first kappa shape index (κ1) is 20.6. The van der Waals surface area contributed by atoms with E-state index in [-0.39, 0.29) is 35.9 Å². The van der Waals surface area contributed by atoms with Gasteiger partial charge in [0.2, 0.25) is 0 Å². The van der Waals surface area contributed by atoms with Crippen LogP contribution in [-0.4, -0.2) is 41.9 Å². The molecule has 28 heavy (non-hydrogen) atoms. The van der Waals surface area contributed by atoms with Crippen LogP contribution >= 0.6 is 0 Å². The van der Waals surface area contributed by atoms with Gasteiger partial charge in [0, 0.05) is 31.6 Å². The second-order valence-electron chi connectivity index (χ2n) is 5.98. The number of nitriles is 1. The normalized spacial score (nSPS) is 15.4. The van der Waals surface area contributed by atoms with Gasteiger partial charge in [0.15, 0.2) is 0 Å². The maximum absolute atomic E-state index is 12.7. The number of rotatable bonds is 7. The van der Waals surface area contributed by atoms with Crippen molar-refractivity contribution in [1.82, 2.24) is 10.2 Å². The van der Waals surface area contributed by atoms with Gasteiger partial charge in [0.05, 0.1) is 23.0 Å². The number of benzene rings is 1. The molecule has 1 amide bonds. The number of ether oxygens (including phenoxy) is 1. The molecule has 0 aliphatic carbocycles. The van der Waals surface area contributed by atoms with E-state index in [1.807, 2.05) is 6.07 Å². The first-order valence-corrected chi connectivity index (χ1v) is 8.62. The SMILES string of the molecule is CCN(C)C(=O)C1=C(C(=O)OCCC#N)C(c2ccc([N+](=O)[O-])cc2)C=CN1. The van der Waals surface area contributed by atoms with Crippen LogP contribution in [0.5, 0.6) is 0 Å². The van der Waals surface area contributed by atoms with Gasteiger partial charge in [-0.1, -0.05) is 18.2 Å². The van der Waals surface area contributed by atoms with Crippen LogP contribution in [0.2, 0.25) is 0 Å². The molecule has 0 spiro atoms. The van der Waals surface area contributed by atoms with E-state index in [9.17, 15) is 19.7 Å². The maximum atomic E-state index is 12.7. The molecule has 2 rings (SSSR count). The minimum absolute atomic E-state index is 0.0304. The van der Waals surface area contributed by atoms with E-state index in [1.54, 1.807) is 26.2 Å². The molecule has 0 saturated carbocycles. The molecule has 0 fully saturated rings. The molecule has 1 aromatic carbocycles. The Labute approximate surface area is 162 Å². The Kier molecular flexibility index (Phi) is 6.87. The summed E-state index contributed by atoms with van der Waals surface area (Å²) in [4.78, 5) is 37.2. The summed E-state index contributed by atoms with van der Waals surface area (Å²) in [6.07, 6.45) is 3.25. The molecule has 1 heterocycles. The lowest BCUT2D eigenvalue weighted by Gasteiger charge is -2.26. The van der Waals surface area contributed by atoms with Gasteiger partial charge in [0.25, 0.3) is 11.6 Å². The van der Waals surface area contributed by atoms with Crippen LogP contribution in [0.25, 0.3) is 0 Å². The van der Waals surface area contributed by atoms with Crippen molar-refractivity contribution < 1.29 is 19.2 Å². The molecule has 0 radical (unpaired) electrons. The van der Waals surface area contributed by atoms with Gasteiger partial charge in [-0.3, -0.25) is 14.9 Å². The molecule has 1 aromatic rings. The van der Waals surface area contributed by atoms with Crippen LogP contribution < -0.4 is 5.32 Å². The van der Waals surface area contributed by atoms with Gasteiger partial charge < -0.3 is 15.0 Å². The number of carbonyl (C=O) groups excluding carboxylic acids is 2. The van der Waals surface area contributed by atoms with Crippen molar-refractivity contribution >= 4 is 17.6 Å². The zero-order valence-electron chi connectivity index (χ0n) is 15.5. The zero-order valence-corrected chi connectivity index (χ0v) is 15.5. The van der Waals surface area contributed by atoms with Crippen molar-refractivity contribution in [2.75, 3.05) is 20.2 Å². The van der Waals surface area contributed by atoms with E-state index < -0.39 is 16.8 Å². The number of allylic oxidation sites excluding steroid dienone is 1. The Bertz CT molecular complexity index is 867. The molecule has 9 nitrogen and oxygen atoms in total. The summed E-state index contributed by atoms with van der Waals surface area (Å²) in [5.74, 6) is -1.73. The number of hydrogen-bond acceptors (Lipinski definition) is 7. The standard InChI is InChI=1S/C19H20N4O5/c1-3-22(2)18(24)17-16(19(25)28-12-4-10-20)15(9-11-21-17)13-5-7-14(8-6-13)23(26)27/h5-9,11,15,21H,3-4,12H2,1-2H3. The number of nitrogens with zero attached hydrogens (tertiary/aromatic N) is 3. The molecule has 146 valence electrons. The quantitative estimate of drug-likeness (QED) is 0.330. The number of nitro benzene ring substituents is 1. The van der Waals surface area contributed by atoms with Crippen LogP contribution in [0, 0.1) is 21.4 Å². The Morgan fingerprint density at radius 1 is 1.36 bits per heavy atom. The monoisotopic (exact) mass is 384 g/mol. The summed E-state index contributed by atoms with van der Waals surface area (Å²) in [6, 6.07) is 7.63. The molecule has 0 saturated heterocycles. The van der Waals surface area contributed by atoms with Crippen LogP contribution in [0.1, 0.15) is 24.8 Å². The molecular formula is C19H20N4O5. The number of nitro groups is 1. The number of hydrogen-bond donors (Lipinski definition) is 1. The fraction of sp³-hybridized carbons (Fsp3) is 0.316. The zero-order chi connectivity index (χ0) is 20.7. The molecule has 1 atom stereocenters. The minimum atomic E-state index is -0.719. The Morgan fingerprint density at radius 3 is 2.61 bits per heavy atom. The van der Waals surface area contributed by atoms with Gasteiger partial charge in [0.1, 0.15) is 12.3 Å². The van der Waals surface area contributed by atoms with Crippen LogP contribution in [0.4, 0.5) is 5.69 Å². The first-order chi connectivity index (χ1) is 13.4. The summed E-state index contributed by atoms with van der Waals surface area (Å²) in [6.45, 7) is 2.14. The van der Waals surface area contributed by atoms with Gasteiger partial charge in [-0.25, -0.2) is 4.79 Å². The lowest BCUT2D eigenvalue weighted by atomic mass is 9.87. The first-order valence-electron chi connectivity index (χ1n) is 8.62. The molecule has 1 aliphatic heterocycles. The predicted molar refractivity (Wildman–Crippen MR) is 99.6 cm³/mol. The van der Waals surface area contributed by atoms with Crippen molar-refractivity contribution in [3.63, 3.8) is 0 Å². The van der Waals surface area contributed by atoms with Gasteiger partial charge in [-0.2, -0.15) is 5.26 Å². The number of amides is 1. The van der Waals surface area contributed by atoms with E-state index >= 15 is 0 Å². The Hall–Kier alpha value is -3.67. The number of likely N-dealkylation sites (N-methyl/N-ethyl adjacent to an activating group) is 1. The Balaban J connectivity index is 2.47. The molecule has 0 aromatic heterocycles. The maximum Gasteiger partial charge on any atom is 0.337 e. The number of non-ortho nitro benzene ring substituents is 1. The van der Waals surface area contributed by atoms with Crippen molar-refractivity contribution in [2.45, 2.75) is 19.3 Å². The second-order valence-corrected chi connectivity index (χ2v) is 5.98. The van der Waals surface area contributed by atoms with E-state index in [0.717, 1.165) is 0 Å².